The summed E-state index contributed by atoms with van der Waals surface area (Å²) in [4.78, 5) is 20.5. The Balaban J connectivity index is 2.02. The Kier molecular flexibility index (Phi) is 7.11. The molecule has 0 radical (unpaired) electrons. The van der Waals surface area contributed by atoms with Gasteiger partial charge < -0.3 is 29.3 Å². The van der Waals surface area contributed by atoms with E-state index < -0.39 is 23.9 Å². The number of aryl methyl sites for hydroxylation is 1. The normalized spacial score (nSPS) is 15.9. The van der Waals surface area contributed by atoms with Gasteiger partial charge in [-0.2, -0.15) is 0 Å². The second-order valence-electron chi connectivity index (χ2n) is 9.89. The van der Waals surface area contributed by atoms with Crippen molar-refractivity contribution >= 4 is 24.5 Å². The first-order valence-electron chi connectivity index (χ1n) is 10.4. The largest absolute Gasteiger partial charge is 0.493 e. The molecule has 0 bridgehead atoms. The topological polar surface area (TPSA) is 95.4 Å². The number of piperazine rings is 1. The van der Waals surface area contributed by atoms with Crippen LogP contribution < -0.4 is 10.4 Å². The lowest BCUT2D eigenvalue weighted by Gasteiger charge is -2.38. The molecular weight excluding hydrogens is 385 g/mol. The van der Waals surface area contributed by atoms with Crippen molar-refractivity contribution in [2.75, 3.05) is 31.1 Å². The number of nitrogens with zero attached hydrogens (tertiary/aromatic N) is 3. The van der Waals surface area contributed by atoms with Crippen LogP contribution in [0.5, 0.6) is 0 Å². The van der Waals surface area contributed by atoms with Crippen LogP contribution in [0.25, 0.3) is 0 Å². The van der Waals surface area contributed by atoms with Gasteiger partial charge in [-0.3, -0.25) is 0 Å². The summed E-state index contributed by atoms with van der Waals surface area (Å²) in [5.74, 6) is 0.786. The number of rotatable bonds is 5. The van der Waals surface area contributed by atoms with E-state index in [0.29, 0.717) is 31.6 Å². The van der Waals surface area contributed by atoms with Crippen molar-refractivity contribution in [1.82, 2.24) is 9.88 Å². The summed E-state index contributed by atoms with van der Waals surface area (Å²) in [7, 11) is -1.20. The van der Waals surface area contributed by atoms with Crippen LogP contribution in [0.3, 0.4) is 0 Å². The molecule has 0 saturated carbocycles. The molecule has 0 atom stereocenters. The zero-order valence-corrected chi connectivity index (χ0v) is 19.5. The van der Waals surface area contributed by atoms with Crippen molar-refractivity contribution in [2.24, 2.45) is 0 Å². The summed E-state index contributed by atoms with van der Waals surface area (Å²) in [5, 5.41) is 20.8. The first-order valence-corrected chi connectivity index (χ1v) is 10.4. The maximum atomic E-state index is 12.2. The highest BCUT2D eigenvalue weighted by Crippen LogP contribution is 2.25. The summed E-state index contributed by atoms with van der Waals surface area (Å²) in [6, 6.07) is 1.90. The van der Waals surface area contributed by atoms with Crippen molar-refractivity contribution in [3.63, 3.8) is 0 Å². The molecule has 0 spiro atoms. The SMILES string of the molecule is Cc1cc(N2CCN(C(=O)OC(C)(C)C)CC2)ncc1B(O)OC(C)(C)C(C)(C)O. The Bertz CT molecular complexity index is 750. The minimum absolute atomic E-state index is 0.295. The number of hydrogen-bond donors (Lipinski definition) is 2. The molecule has 1 aliphatic heterocycles. The Hall–Kier alpha value is -1.84. The number of carbonyl (C=O) groups is 1. The van der Waals surface area contributed by atoms with E-state index in [1.807, 2.05) is 33.8 Å². The number of pyridine rings is 1. The third-order valence-electron chi connectivity index (χ3n) is 5.54. The van der Waals surface area contributed by atoms with E-state index >= 15 is 0 Å². The number of amides is 1. The van der Waals surface area contributed by atoms with E-state index in [1.165, 1.54) is 0 Å². The molecule has 1 fully saturated rings. The first kappa shape index (κ1) is 24.4. The van der Waals surface area contributed by atoms with Gasteiger partial charge in [-0.05, 0) is 67.0 Å². The van der Waals surface area contributed by atoms with Gasteiger partial charge in [0.2, 0.25) is 0 Å². The van der Waals surface area contributed by atoms with Crippen molar-refractivity contribution in [3.05, 3.63) is 17.8 Å². The highest BCUT2D eigenvalue weighted by molar-refractivity contribution is 6.60. The lowest BCUT2D eigenvalue weighted by Crippen LogP contribution is -2.53. The van der Waals surface area contributed by atoms with E-state index in [1.54, 1.807) is 38.8 Å². The Morgan fingerprint density at radius 1 is 1.10 bits per heavy atom. The third-order valence-corrected chi connectivity index (χ3v) is 5.54. The lowest BCUT2D eigenvalue weighted by molar-refractivity contribution is -0.0982. The average Bonchev–Trinajstić information content (AvgIpc) is 2.58. The zero-order valence-electron chi connectivity index (χ0n) is 19.5. The molecular formula is C21H36BN3O5. The lowest BCUT2D eigenvalue weighted by atomic mass is 9.75. The number of aliphatic hydroxyl groups is 1. The highest BCUT2D eigenvalue weighted by Gasteiger charge is 2.40. The van der Waals surface area contributed by atoms with Gasteiger partial charge in [-0.25, -0.2) is 9.78 Å². The Morgan fingerprint density at radius 2 is 1.67 bits per heavy atom. The molecule has 0 aliphatic carbocycles. The van der Waals surface area contributed by atoms with Crippen LogP contribution >= 0.6 is 0 Å². The molecule has 2 N–H and O–H groups in total. The predicted octanol–water partition coefficient (Wildman–Crippen LogP) is 1.70. The van der Waals surface area contributed by atoms with E-state index in [9.17, 15) is 14.9 Å². The van der Waals surface area contributed by atoms with Crippen LogP contribution in [0.1, 0.15) is 54.0 Å². The molecule has 1 amide bonds. The van der Waals surface area contributed by atoms with Gasteiger partial charge in [0.25, 0.3) is 0 Å². The fraction of sp³-hybridized carbons (Fsp3) is 0.714. The minimum atomic E-state index is -1.20. The van der Waals surface area contributed by atoms with Gasteiger partial charge in [0.1, 0.15) is 11.4 Å². The molecule has 1 aromatic heterocycles. The molecule has 2 rings (SSSR count). The zero-order chi connectivity index (χ0) is 22.9. The smallest absolute Gasteiger partial charge is 0.444 e. The van der Waals surface area contributed by atoms with Crippen LogP contribution in [-0.4, -0.2) is 76.2 Å². The minimum Gasteiger partial charge on any atom is -0.444 e. The molecule has 8 nitrogen and oxygen atoms in total. The van der Waals surface area contributed by atoms with E-state index in [-0.39, 0.29) is 6.09 Å². The fourth-order valence-corrected chi connectivity index (χ4v) is 2.91. The Labute approximate surface area is 180 Å². The number of hydrogen-bond acceptors (Lipinski definition) is 7. The number of ether oxygens (including phenoxy) is 1. The molecule has 0 aromatic carbocycles. The van der Waals surface area contributed by atoms with Gasteiger partial charge in [0, 0.05) is 37.8 Å². The van der Waals surface area contributed by atoms with Crippen LogP contribution in [0.4, 0.5) is 10.6 Å². The Morgan fingerprint density at radius 3 is 2.13 bits per heavy atom. The molecule has 2 heterocycles. The second-order valence-corrected chi connectivity index (χ2v) is 9.89. The van der Waals surface area contributed by atoms with Gasteiger partial charge in [0.15, 0.2) is 0 Å². The highest BCUT2D eigenvalue weighted by atomic mass is 16.6. The van der Waals surface area contributed by atoms with Gasteiger partial charge in [-0.1, -0.05) is 0 Å². The molecule has 1 aromatic rings. The number of aromatic nitrogens is 1. The fourth-order valence-electron chi connectivity index (χ4n) is 2.91. The first-order chi connectivity index (χ1) is 13.6. The van der Waals surface area contributed by atoms with Gasteiger partial charge >= 0.3 is 13.2 Å². The number of carbonyl (C=O) groups excluding carboxylic acids is 1. The van der Waals surface area contributed by atoms with E-state index in [4.69, 9.17) is 9.39 Å². The monoisotopic (exact) mass is 421 g/mol. The molecule has 168 valence electrons. The standard InChI is InChI=1S/C21H36BN3O5/c1-15-13-17(23-14-16(15)22(28)30-21(7,8)20(5,6)27)24-9-11-25(12-10-24)18(26)29-19(2,3)4/h13-14,27-28H,9-12H2,1-8H3. The van der Waals surface area contributed by atoms with Crippen molar-refractivity contribution in [1.29, 1.82) is 0 Å². The van der Waals surface area contributed by atoms with E-state index in [0.717, 1.165) is 11.4 Å². The molecule has 9 heteroatoms. The molecule has 1 aliphatic rings. The maximum Gasteiger partial charge on any atom is 0.493 e. The molecule has 1 saturated heterocycles. The van der Waals surface area contributed by atoms with Crippen LogP contribution in [0.2, 0.25) is 0 Å². The molecule has 30 heavy (non-hydrogen) atoms. The quantitative estimate of drug-likeness (QED) is 0.699. The summed E-state index contributed by atoms with van der Waals surface area (Å²) in [6.45, 7) is 16.6. The van der Waals surface area contributed by atoms with Crippen LogP contribution in [0, 0.1) is 6.92 Å². The molecule has 0 unspecified atom stereocenters. The third kappa shape index (κ3) is 6.09. The maximum absolute atomic E-state index is 12.2. The second kappa shape index (κ2) is 8.73. The number of anilines is 1. The summed E-state index contributed by atoms with van der Waals surface area (Å²) in [6.07, 6.45) is 1.31. The van der Waals surface area contributed by atoms with Crippen molar-refractivity contribution < 1.29 is 24.3 Å². The van der Waals surface area contributed by atoms with Gasteiger partial charge in [0.05, 0.1) is 11.2 Å². The predicted molar refractivity (Wildman–Crippen MR) is 118 cm³/mol. The average molecular weight is 421 g/mol. The summed E-state index contributed by atoms with van der Waals surface area (Å²) >= 11 is 0. The van der Waals surface area contributed by atoms with Crippen molar-refractivity contribution in [2.45, 2.75) is 72.2 Å². The van der Waals surface area contributed by atoms with Gasteiger partial charge in [-0.15, -0.1) is 0 Å². The summed E-state index contributed by atoms with van der Waals surface area (Å²) < 4.78 is 11.2. The van der Waals surface area contributed by atoms with Crippen LogP contribution in [0.15, 0.2) is 12.3 Å². The van der Waals surface area contributed by atoms with Crippen molar-refractivity contribution in [3.8, 4) is 0 Å². The van der Waals surface area contributed by atoms with E-state index in [2.05, 4.69) is 9.88 Å². The summed E-state index contributed by atoms with van der Waals surface area (Å²) in [5.41, 5.74) is -1.18. The van der Waals surface area contributed by atoms with Crippen LogP contribution in [-0.2, 0) is 9.39 Å².